The maximum absolute atomic E-state index is 4.94. The largest absolute Gasteiger partial charge is 2.00 e. The number of hydrogen-bond acceptors (Lipinski definition) is 2. The summed E-state index contributed by atoms with van der Waals surface area (Å²) in [4.78, 5) is 0. The summed E-state index contributed by atoms with van der Waals surface area (Å²) < 4.78 is 0. The maximum atomic E-state index is 4.94. The van der Waals surface area contributed by atoms with Gasteiger partial charge in [0.25, 0.3) is 0 Å². The minimum absolute atomic E-state index is 0. The first-order chi connectivity index (χ1) is 16.8. The SMILES string of the molecule is C.C.CCCCCCCCCCCCCCCC[S-].CCCCCCCCCCCCCCCC[S-].[Sn+2]. The Kier molecular flexibility index (Phi) is 65.6. The van der Waals surface area contributed by atoms with Crippen molar-refractivity contribution in [3.63, 3.8) is 0 Å². The predicted molar refractivity (Wildman–Crippen MR) is 184 cm³/mol. The summed E-state index contributed by atoms with van der Waals surface area (Å²) in [5, 5.41) is 0. The Morgan fingerprint density at radius 3 is 0.541 bits per heavy atom. The Morgan fingerprint density at radius 2 is 0.405 bits per heavy atom. The van der Waals surface area contributed by atoms with Gasteiger partial charge >= 0.3 is 23.9 Å². The van der Waals surface area contributed by atoms with Crippen LogP contribution in [-0.4, -0.2) is 35.4 Å². The van der Waals surface area contributed by atoms with Crippen molar-refractivity contribution < 1.29 is 0 Å². The molecule has 0 unspecified atom stereocenters. The van der Waals surface area contributed by atoms with Crippen LogP contribution in [0.2, 0.25) is 0 Å². The van der Waals surface area contributed by atoms with Gasteiger partial charge in [-0.25, -0.2) is 0 Å². The third-order valence-electron chi connectivity index (χ3n) is 7.00. The molecule has 0 fully saturated rings. The molecule has 3 heteroatoms. The molecule has 0 atom stereocenters. The molecule has 0 N–H and O–H groups in total. The summed E-state index contributed by atoms with van der Waals surface area (Å²) in [6, 6.07) is 0. The van der Waals surface area contributed by atoms with Gasteiger partial charge in [-0.3, -0.25) is 0 Å². The molecule has 0 saturated heterocycles. The normalized spacial score (nSPS) is 10.1. The third kappa shape index (κ3) is 54.3. The van der Waals surface area contributed by atoms with Gasteiger partial charge in [0.15, 0.2) is 0 Å². The second kappa shape index (κ2) is 50.3. The van der Waals surface area contributed by atoms with Crippen molar-refractivity contribution in [1.82, 2.24) is 0 Å². The van der Waals surface area contributed by atoms with E-state index in [4.69, 9.17) is 25.3 Å². The standard InChI is InChI=1S/2C16H34S.2CH4.Sn/c2*1-2-3-4-5-6-7-8-9-10-11-12-13-14-15-16-17;;;/h2*17H,2-16H2,1H3;2*1H4;/q;;;;+2/p-2. The van der Waals surface area contributed by atoms with Crippen LogP contribution in [0.5, 0.6) is 0 Å². The van der Waals surface area contributed by atoms with Gasteiger partial charge in [0, 0.05) is 0 Å². The molecule has 0 heterocycles. The van der Waals surface area contributed by atoms with E-state index in [1.807, 2.05) is 0 Å². The van der Waals surface area contributed by atoms with Gasteiger partial charge in [0.05, 0.1) is 0 Å². The van der Waals surface area contributed by atoms with Crippen molar-refractivity contribution in [3.8, 4) is 0 Å². The van der Waals surface area contributed by atoms with E-state index in [0.29, 0.717) is 0 Å². The molecule has 0 saturated carbocycles. The van der Waals surface area contributed by atoms with Crippen LogP contribution in [0.25, 0.3) is 0 Å². The molecular formula is C34H74S2Sn. The molecule has 0 nitrogen and oxygen atoms in total. The molecule has 226 valence electrons. The van der Waals surface area contributed by atoms with E-state index >= 15 is 0 Å². The van der Waals surface area contributed by atoms with Crippen molar-refractivity contribution in [2.45, 2.75) is 208 Å². The molecule has 2 radical (unpaired) electrons. The topological polar surface area (TPSA) is 0 Å². The molecule has 0 aliphatic rings. The number of rotatable bonds is 28. The molecule has 0 aromatic heterocycles. The summed E-state index contributed by atoms with van der Waals surface area (Å²) in [5.41, 5.74) is 0. The predicted octanol–water partition coefficient (Wildman–Crippen LogP) is 12.9. The van der Waals surface area contributed by atoms with Crippen LogP contribution in [-0.2, 0) is 25.3 Å². The van der Waals surface area contributed by atoms with E-state index < -0.39 is 0 Å². The first kappa shape index (κ1) is 48.2. The van der Waals surface area contributed by atoms with Crippen LogP contribution in [0.3, 0.4) is 0 Å². The summed E-state index contributed by atoms with van der Waals surface area (Å²) in [5.74, 6) is 1.91. The molecule has 0 aromatic rings. The van der Waals surface area contributed by atoms with Crippen LogP contribution >= 0.6 is 0 Å². The fourth-order valence-corrected chi connectivity index (χ4v) is 5.00. The first-order valence-electron chi connectivity index (χ1n) is 16.0. The Bertz CT molecular complexity index is 254. The van der Waals surface area contributed by atoms with Crippen molar-refractivity contribution in [1.29, 1.82) is 0 Å². The van der Waals surface area contributed by atoms with Crippen molar-refractivity contribution in [2.75, 3.05) is 11.5 Å². The molecule has 0 aliphatic carbocycles. The second-order valence-corrected chi connectivity index (χ2v) is 11.4. The Labute approximate surface area is 267 Å². The smallest absolute Gasteiger partial charge is 0.793 e. The average molecular weight is 666 g/mol. The van der Waals surface area contributed by atoms with Gasteiger partial charge in [-0.15, -0.1) is 0 Å². The summed E-state index contributed by atoms with van der Waals surface area (Å²) in [6.45, 7) is 4.57. The van der Waals surface area contributed by atoms with Gasteiger partial charge in [-0.05, 0) is 0 Å². The molecule has 0 aliphatic heterocycles. The fraction of sp³-hybridized carbons (Fsp3) is 1.00. The Morgan fingerprint density at radius 1 is 0.270 bits per heavy atom. The van der Waals surface area contributed by atoms with E-state index in [-0.39, 0.29) is 38.8 Å². The van der Waals surface area contributed by atoms with Crippen molar-refractivity contribution >= 4 is 49.2 Å². The van der Waals surface area contributed by atoms with Gasteiger partial charge in [-0.2, -0.15) is 11.5 Å². The van der Waals surface area contributed by atoms with Crippen LogP contribution in [0.1, 0.15) is 208 Å². The average Bonchev–Trinajstić information content (AvgIpc) is 2.85. The molecular weight excluding hydrogens is 591 g/mol. The zero-order valence-electron chi connectivity index (χ0n) is 24.5. The monoisotopic (exact) mass is 666 g/mol. The summed E-state index contributed by atoms with van der Waals surface area (Å²) >= 11 is 9.88. The number of hydrogen-bond donors (Lipinski definition) is 0. The summed E-state index contributed by atoms with van der Waals surface area (Å²) in [6.07, 6.45) is 40.0. The van der Waals surface area contributed by atoms with Gasteiger partial charge in [-0.1, -0.05) is 208 Å². The van der Waals surface area contributed by atoms with E-state index in [0.717, 1.165) is 11.5 Å². The van der Waals surface area contributed by atoms with E-state index in [1.165, 1.54) is 180 Å². The molecule has 0 amide bonds. The zero-order chi connectivity index (χ0) is 25.2. The fourth-order valence-electron chi connectivity index (χ4n) is 4.59. The Balaban J connectivity index is -0.000000171. The maximum Gasteiger partial charge on any atom is 2.00 e. The molecule has 0 spiro atoms. The van der Waals surface area contributed by atoms with E-state index in [2.05, 4.69) is 13.8 Å². The van der Waals surface area contributed by atoms with Crippen molar-refractivity contribution in [2.24, 2.45) is 0 Å². The molecule has 0 rings (SSSR count). The van der Waals surface area contributed by atoms with Crippen LogP contribution in [0.4, 0.5) is 0 Å². The number of unbranched alkanes of at least 4 members (excludes halogenated alkanes) is 26. The second-order valence-electron chi connectivity index (χ2n) is 10.6. The quantitative estimate of drug-likeness (QED) is 0.0463. The minimum atomic E-state index is 0. The molecule has 0 bridgehead atoms. The van der Waals surface area contributed by atoms with Gasteiger partial charge < -0.3 is 25.3 Å². The van der Waals surface area contributed by atoms with Gasteiger partial charge in [0.2, 0.25) is 0 Å². The molecule has 37 heavy (non-hydrogen) atoms. The first-order valence-corrected chi connectivity index (χ1v) is 17.1. The molecule has 0 aromatic carbocycles. The minimum Gasteiger partial charge on any atom is -0.793 e. The van der Waals surface area contributed by atoms with Crippen molar-refractivity contribution in [3.05, 3.63) is 0 Å². The van der Waals surface area contributed by atoms with E-state index in [1.54, 1.807) is 0 Å². The third-order valence-corrected chi connectivity index (χ3v) is 7.57. The van der Waals surface area contributed by atoms with E-state index in [9.17, 15) is 0 Å². The summed E-state index contributed by atoms with van der Waals surface area (Å²) in [7, 11) is 0. The van der Waals surface area contributed by atoms with Crippen LogP contribution in [0, 0.1) is 0 Å². The van der Waals surface area contributed by atoms with Crippen LogP contribution in [0.15, 0.2) is 0 Å². The zero-order valence-corrected chi connectivity index (χ0v) is 29.0. The Hall–Kier alpha value is 1.50. The van der Waals surface area contributed by atoms with Gasteiger partial charge in [0.1, 0.15) is 0 Å². The van der Waals surface area contributed by atoms with Crippen LogP contribution < -0.4 is 0 Å².